The maximum absolute atomic E-state index is 12.0. The van der Waals surface area contributed by atoms with Crippen LogP contribution in [0.15, 0.2) is 72.0 Å². The number of carbonyl (C=O) groups is 1. The molecule has 1 aromatic heterocycles. The molecule has 10 nitrogen and oxygen atoms in total. The number of nitro groups is 1. The largest absolute Gasteiger partial charge is 0.464 e. The van der Waals surface area contributed by atoms with Crippen LogP contribution in [0.1, 0.15) is 16.1 Å². The minimum Gasteiger partial charge on any atom is -0.464 e. The lowest BCUT2D eigenvalue weighted by Gasteiger charge is -2.06. The van der Waals surface area contributed by atoms with Crippen LogP contribution in [0.25, 0.3) is 0 Å². The minimum absolute atomic E-state index is 0.0178. The minimum atomic E-state index is -0.802. The maximum atomic E-state index is 12.0. The number of nitro benzene ring substituents is 1. The summed E-state index contributed by atoms with van der Waals surface area (Å²) in [5.41, 5.74) is 6.17. The molecule has 0 aliphatic heterocycles. The SMILES string of the molecule is N/C(=N\OC(=O)c1ccn(COc2ccccc2[N+](=O)[O-])n1)c1ccccc1. The van der Waals surface area contributed by atoms with Gasteiger partial charge in [-0.2, -0.15) is 5.10 Å². The Morgan fingerprint density at radius 2 is 1.86 bits per heavy atom. The molecule has 0 fully saturated rings. The van der Waals surface area contributed by atoms with E-state index in [2.05, 4.69) is 10.3 Å². The fraction of sp³-hybridized carbons (Fsp3) is 0.0556. The van der Waals surface area contributed by atoms with Crippen LogP contribution in [0, 0.1) is 10.1 Å². The molecule has 0 atom stereocenters. The van der Waals surface area contributed by atoms with Gasteiger partial charge in [0.15, 0.2) is 24.0 Å². The van der Waals surface area contributed by atoms with E-state index in [1.165, 1.54) is 35.1 Å². The summed E-state index contributed by atoms with van der Waals surface area (Å²) in [4.78, 5) is 27.2. The second-order valence-corrected chi connectivity index (χ2v) is 5.46. The quantitative estimate of drug-likeness (QED) is 0.218. The van der Waals surface area contributed by atoms with Gasteiger partial charge >= 0.3 is 11.7 Å². The Balaban J connectivity index is 1.61. The van der Waals surface area contributed by atoms with Gasteiger partial charge in [0.2, 0.25) is 0 Å². The fourth-order valence-corrected chi connectivity index (χ4v) is 2.21. The lowest BCUT2D eigenvalue weighted by atomic mass is 10.2. The van der Waals surface area contributed by atoms with Gasteiger partial charge in [0.1, 0.15) is 0 Å². The molecule has 3 aromatic rings. The fourth-order valence-electron chi connectivity index (χ4n) is 2.21. The molecular formula is C18H15N5O5. The summed E-state index contributed by atoms with van der Waals surface area (Å²) in [6, 6.07) is 16.2. The number of hydrogen-bond acceptors (Lipinski definition) is 7. The summed E-state index contributed by atoms with van der Waals surface area (Å²) in [7, 11) is 0. The molecule has 0 aliphatic carbocycles. The van der Waals surface area contributed by atoms with Crippen LogP contribution < -0.4 is 10.5 Å². The van der Waals surface area contributed by atoms with Crippen LogP contribution in [0.4, 0.5) is 5.69 Å². The zero-order chi connectivity index (χ0) is 19.9. The van der Waals surface area contributed by atoms with Crippen molar-refractivity contribution in [2.24, 2.45) is 10.9 Å². The molecule has 142 valence electrons. The molecule has 2 N–H and O–H groups in total. The summed E-state index contributed by atoms with van der Waals surface area (Å²) >= 11 is 0. The third-order valence-electron chi connectivity index (χ3n) is 3.56. The number of oxime groups is 1. The van der Waals surface area contributed by atoms with Gasteiger partial charge in [-0.1, -0.05) is 47.6 Å². The number of amidine groups is 1. The monoisotopic (exact) mass is 381 g/mol. The Kier molecular flexibility index (Phi) is 5.60. The summed E-state index contributed by atoms with van der Waals surface area (Å²) in [6.07, 6.45) is 1.47. The van der Waals surface area contributed by atoms with E-state index in [9.17, 15) is 14.9 Å². The number of nitrogens with two attached hydrogens (primary N) is 1. The number of aromatic nitrogens is 2. The van der Waals surface area contributed by atoms with E-state index in [1.54, 1.807) is 30.3 Å². The molecule has 3 rings (SSSR count). The Morgan fingerprint density at radius 3 is 2.61 bits per heavy atom. The molecule has 0 bridgehead atoms. The summed E-state index contributed by atoms with van der Waals surface area (Å²) < 4.78 is 6.68. The normalized spacial score (nSPS) is 11.1. The average Bonchev–Trinajstić information content (AvgIpc) is 3.20. The highest BCUT2D eigenvalue weighted by Crippen LogP contribution is 2.25. The predicted molar refractivity (Wildman–Crippen MR) is 98.5 cm³/mol. The van der Waals surface area contributed by atoms with Gasteiger partial charge in [-0.25, -0.2) is 9.48 Å². The summed E-state index contributed by atoms with van der Waals surface area (Å²) in [5.74, 6) is -0.663. The summed E-state index contributed by atoms with van der Waals surface area (Å²) in [5, 5.41) is 18.6. The number of carbonyl (C=O) groups excluding carboxylic acids is 1. The third kappa shape index (κ3) is 4.49. The molecule has 10 heteroatoms. The van der Waals surface area contributed by atoms with Gasteiger partial charge in [0, 0.05) is 17.8 Å². The molecule has 0 radical (unpaired) electrons. The van der Waals surface area contributed by atoms with Crippen molar-refractivity contribution in [3.05, 3.63) is 88.2 Å². The first-order valence-corrected chi connectivity index (χ1v) is 8.04. The molecule has 0 saturated heterocycles. The molecule has 0 spiro atoms. The molecule has 1 heterocycles. The van der Waals surface area contributed by atoms with Gasteiger partial charge in [0.05, 0.1) is 4.92 Å². The van der Waals surface area contributed by atoms with Gasteiger partial charge in [0.25, 0.3) is 0 Å². The van der Waals surface area contributed by atoms with Gasteiger partial charge in [-0.15, -0.1) is 0 Å². The first kappa shape index (κ1) is 18.6. The zero-order valence-electron chi connectivity index (χ0n) is 14.5. The van der Waals surface area contributed by atoms with Crippen molar-refractivity contribution in [1.82, 2.24) is 9.78 Å². The number of benzene rings is 2. The van der Waals surface area contributed by atoms with Crippen LogP contribution in [0.3, 0.4) is 0 Å². The highest BCUT2D eigenvalue weighted by Gasteiger charge is 2.15. The second-order valence-electron chi connectivity index (χ2n) is 5.46. The van der Waals surface area contributed by atoms with Crippen LogP contribution in [0.5, 0.6) is 5.75 Å². The number of nitrogens with zero attached hydrogens (tertiary/aromatic N) is 4. The molecule has 0 amide bonds. The lowest BCUT2D eigenvalue weighted by molar-refractivity contribution is -0.386. The molecular weight excluding hydrogens is 366 g/mol. The van der Waals surface area contributed by atoms with E-state index in [0.29, 0.717) is 5.56 Å². The Bertz CT molecular complexity index is 1020. The Hall–Kier alpha value is -4.21. The number of rotatable bonds is 7. The number of ether oxygens (including phenoxy) is 1. The number of para-hydroxylation sites is 2. The van der Waals surface area contributed by atoms with Crippen molar-refractivity contribution in [3.8, 4) is 5.75 Å². The van der Waals surface area contributed by atoms with Crippen molar-refractivity contribution in [2.75, 3.05) is 0 Å². The van der Waals surface area contributed by atoms with Crippen molar-refractivity contribution >= 4 is 17.5 Å². The van der Waals surface area contributed by atoms with E-state index in [4.69, 9.17) is 15.3 Å². The summed E-state index contributed by atoms with van der Waals surface area (Å²) in [6.45, 7) is -0.131. The molecule has 2 aromatic carbocycles. The average molecular weight is 381 g/mol. The molecule has 0 saturated carbocycles. The first-order valence-electron chi connectivity index (χ1n) is 8.04. The van der Waals surface area contributed by atoms with Gasteiger partial charge in [-0.3, -0.25) is 10.1 Å². The Morgan fingerprint density at radius 1 is 1.14 bits per heavy atom. The molecule has 0 unspecified atom stereocenters. The van der Waals surface area contributed by atoms with Crippen LogP contribution in [-0.4, -0.2) is 26.5 Å². The lowest BCUT2D eigenvalue weighted by Crippen LogP contribution is -2.15. The van der Waals surface area contributed by atoms with E-state index in [0.717, 1.165) is 0 Å². The number of hydrogen-bond donors (Lipinski definition) is 1. The second kappa shape index (κ2) is 8.45. The molecule has 0 aliphatic rings. The van der Waals surface area contributed by atoms with E-state index in [-0.39, 0.29) is 29.7 Å². The van der Waals surface area contributed by atoms with Crippen LogP contribution in [-0.2, 0) is 11.6 Å². The third-order valence-corrected chi connectivity index (χ3v) is 3.56. The highest BCUT2D eigenvalue weighted by atomic mass is 16.7. The van der Waals surface area contributed by atoms with Crippen LogP contribution >= 0.6 is 0 Å². The van der Waals surface area contributed by atoms with Crippen molar-refractivity contribution in [1.29, 1.82) is 0 Å². The van der Waals surface area contributed by atoms with Crippen molar-refractivity contribution < 1.29 is 19.3 Å². The van der Waals surface area contributed by atoms with Crippen LogP contribution in [0.2, 0.25) is 0 Å². The Labute approximate surface area is 158 Å². The smallest absolute Gasteiger partial charge is 0.385 e. The standard InChI is InChI=1S/C18H15N5O5/c19-17(13-6-2-1-3-7-13)21-28-18(24)14-10-11-22(20-14)12-27-16-9-5-4-8-15(16)23(25)26/h1-11H,12H2,(H2,19,21). The topological polar surface area (TPSA) is 135 Å². The van der Waals surface area contributed by atoms with Crippen molar-refractivity contribution in [2.45, 2.75) is 6.73 Å². The van der Waals surface area contributed by atoms with Gasteiger partial charge in [-0.05, 0) is 12.1 Å². The van der Waals surface area contributed by atoms with E-state index >= 15 is 0 Å². The van der Waals surface area contributed by atoms with Gasteiger partial charge < -0.3 is 15.3 Å². The van der Waals surface area contributed by atoms with Crippen molar-refractivity contribution in [3.63, 3.8) is 0 Å². The first-order chi connectivity index (χ1) is 13.5. The van der Waals surface area contributed by atoms with E-state index < -0.39 is 10.9 Å². The highest BCUT2D eigenvalue weighted by molar-refractivity contribution is 5.97. The predicted octanol–water partition coefficient (Wildman–Crippen LogP) is 2.31. The maximum Gasteiger partial charge on any atom is 0.385 e. The molecule has 28 heavy (non-hydrogen) atoms. The zero-order valence-corrected chi connectivity index (χ0v) is 14.5. The van der Waals surface area contributed by atoms with E-state index in [1.807, 2.05) is 6.07 Å².